The van der Waals surface area contributed by atoms with Crippen LogP contribution in [-0.4, -0.2) is 70.6 Å². The van der Waals surface area contributed by atoms with Crippen LogP contribution in [0.3, 0.4) is 0 Å². The second-order valence-electron chi connectivity index (χ2n) is 13.8. The van der Waals surface area contributed by atoms with Gasteiger partial charge in [-0.1, -0.05) is 6.07 Å². The Morgan fingerprint density at radius 2 is 1.89 bits per heavy atom. The van der Waals surface area contributed by atoms with E-state index in [0.717, 1.165) is 67.2 Å². The molecule has 0 saturated carbocycles. The summed E-state index contributed by atoms with van der Waals surface area (Å²) in [6.45, 7) is 9.04. The van der Waals surface area contributed by atoms with Crippen LogP contribution in [0.25, 0.3) is 0 Å². The minimum Gasteiger partial charge on any atom is -0.398 e. The van der Waals surface area contributed by atoms with Crippen molar-refractivity contribution in [3.63, 3.8) is 0 Å². The molecule has 0 bridgehead atoms. The molecule has 1 aliphatic carbocycles. The second-order valence-corrected chi connectivity index (χ2v) is 13.8. The van der Waals surface area contributed by atoms with E-state index in [-0.39, 0.29) is 23.1 Å². The topological polar surface area (TPSA) is 127 Å². The molecule has 11 heteroatoms. The molecule has 0 radical (unpaired) electrons. The van der Waals surface area contributed by atoms with E-state index in [9.17, 15) is 5.26 Å². The molecule has 7 rings (SSSR count). The first-order valence-corrected chi connectivity index (χ1v) is 16.1. The third kappa shape index (κ3) is 4.60. The van der Waals surface area contributed by atoms with Crippen molar-refractivity contribution in [1.29, 1.82) is 5.26 Å². The van der Waals surface area contributed by atoms with E-state index in [1.54, 1.807) is 6.20 Å². The molecule has 45 heavy (non-hydrogen) atoms. The fourth-order valence-electron chi connectivity index (χ4n) is 8.43. The van der Waals surface area contributed by atoms with Crippen molar-refractivity contribution in [3.8, 4) is 6.07 Å². The summed E-state index contributed by atoms with van der Waals surface area (Å²) in [5.74, 6) is 1.75. The van der Waals surface area contributed by atoms with Crippen LogP contribution < -0.4 is 21.3 Å². The lowest BCUT2D eigenvalue weighted by atomic mass is 9.68. The van der Waals surface area contributed by atoms with E-state index in [1.807, 2.05) is 12.1 Å². The molecule has 1 unspecified atom stereocenters. The van der Waals surface area contributed by atoms with Crippen molar-refractivity contribution < 1.29 is 4.39 Å². The van der Waals surface area contributed by atoms with Gasteiger partial charge in [-0.2, -0.15) is 10.2 Å². The SMILES string of the molecule is C[C@H](c1cccnc1N)N(C)c1nc(N2CC(C)(N3CCCC3)C2)nc2c1CN(C)C1(CCCc3c(F)cc(N)c(C#N)c31)C2. The Balaban J connectivity index is 1.34. The van der Waals surface area contributed by atoms with Crippen molar-refractivity contribution in [2.45, 2.75) is 76.0 Å². The molecule has 3 aromatic rings. The van der Waals surface area contributed by atoms with Crippen LogP contribution in [0.2, 0.25) is 0 Å². The van der Waals surface area contributed by atoms with Gasteiger partial charge >= 0.3 is 0 Å². The lowest BCUT2D eigenvalue weighted by Crippen LogP contribution is -2.68. The van der Waals surface area contributed by atoms with Crippen molar-refractivity contribution in [3.05, 3.63) is 63.7 Å². The standard InChI is InChI=1S/C34H43FN10/c1-21(22-10-8-12-39-30(22)38)43(4)31-25-18-42(3)34(11-7-9-23-26(35)15-27(37)24(17-36)29(23)34)16-28(25)40-32(41-31)44-19-33(2,20-44)45-13-5-6-14-45/h8,10,12,15,21H,5-7,9,11,13-14,16,18-20,37H2,1-4H3,(H2,38,39)/t21-,34?/m1/s1. The zero-order valence-electron chi connectivity index (χ0n) is 26.8. The Bertz CT molecular complexity index is 1690. The number of fused-ring (bicyclic) bond motifs is 3. The number of benzene rings is 1. The van der Waals surface area contributed by atoms with Gasteiger partial charge in [0, 0.05) is 50.4 Å². The minimum absolute atomic E-state index is 0.0903. The summed E-state index contributed by atoms with van der Waals surface area (Å²) in [6.07, 6.45) is 6.95. The molecule has 4 aliphatic rings. The average Bonchev–Trinajstić information content (AvgIpc) is 3.56. The molecule has 2 fully saturated rings. The molecule has 1 spiro atoms. The Labute approximate surface area is 264 Å². The van der Waals surface area contributed by atoms with Crippen LogP contribution in [0.5, 0.6) is 0 Å². The van der Waals surface area contributed by atoms with Crippen LogP contribution in [0, 0.1) is 17.1 Å². The molecule has 236 valence electrons. The molecule has 4 N–H and O–H groups in total. The molecule has 0 amide bonds. The van der Waals surface area contributed by atoms with Gasteiger partial charge in [-0.15, -0.1) is 0 Å². The van der Waals surface area contributed by atoms with Gasteiger partial charge in [0.1, 0.15) is 23.5 Å². The molecular weight excluding hydrogens is 567 g/mol. The number of hydrogen-bond donors (Lipinski definition) is 2. The molecule has 2 atom stereocenters. The number of nitrogen functional groups attached to an aromatic ring is 2. The molecule has 3 aliphatic heterocycles. The minimum atomic E-state index is -0.595. The maximum absolute atomic E-state index is 15.4. The quantitative estimate of drug-likeness (QED) is 0.407. The number of nitrogens with zero attached hydrogens (tertiary/aromatic N) is 8. The maximum Gasteiger partial charge on any atom is 0.227 e. The Morgan fingerprint density at radius 1 is 1.13 bits per heavy atom. The highest BCUT2D eigenvalue weighted by atomic mass is 19.1. The first-order chi connectivity index (χ1) is 21.6. The Hall–Kier alpha value is -4.01. The smallest absolute Gasteiger partial charge is 0.227 e. The monoisotopic (exact) mass is 610 g/mol. The number of nitriles is 1. The molecule has 10 nitrogen and oxygen atoms in total. The highest BCUT2D eigenvalue weighted by molar-refractivity contribution is 5.65. The van der Waals surface area contributed by atoms with Crippen molar-refractivity contribution in [1.82, 2.24) is 24.8 Å². The summed E-state index contributed by atoms with van der Waals surface area (Å²) in [6, 6.07) is 7.47. The maximum atomic E-state index is 15.4. The van der Waals surface area contributed by atoms with Gasteiger partial charge in [-0.05, 0) is 89.3 Å². The number of likely N-dealkylation sites (tertiary alicyclic amines) is 1. The van der Waals surface area contributed by atoms with Crippen molar-refractivity contribution >= 4 is 23.3 Å². The summed E-state index contributed by atoms with van der Waals surface area (Å²) in [7, 11) is 4.12. The number of rotatable bonds is 5. The second kappa shape index (κ2) is 10.8. The fourth-order valence-corrected chi connectivity index (χ4v) is 8.43. The Morgan fingerprint density at radius 3 is 2.60 bits per heavy atom. The fraction of sp³-hybridized carbons (Fsp3) is 0.529. The normalized spacial score (nSPS) is 23.2. The summed E-state index contributed by atoms with van der Waals surface area (Å²) in [5, 5.41) is 10.2. The van der Waals surface area contributed by atoms with Gasteiger partial charge in [0.05, 0.1) is 34.1 Å². The Kier molecular flexibility index (Phi) is 7.13. The first kappa shape index (κ1) is 29.7. The molecular formula is C34H43FN10. The summed E-state index contributed by atoms with van der Waals surface area (Å²) >= 11 is 0. The predicted molar refractivity (Wildman–Crippen MR) is 174 cm³/mol. The largest absolute Gasteiger partial charge is 0.398 e. The highest BCUT2D eigenvalue weighted by Crippen LogP contribution is 2.50. The predicted octanol–water partition coefficient (Wildman–Crippen LogP) is 4.14. The lowest BCUT2D eigenvalue weighted by Gasteiger charge is -2.53. The summed E-state index contributed by atoms with van der Waals surface area (Å²) in [4.78, 5) is 24.2. The summed E-state index contributed by atoms with van der Waals surface area (Å²) in [5.41, 5.74) is 17.0. The van der Waals surface area contributed by atoms with E-state index >= 15 is 4.39 Å². The van der Waals surface area contributed by atoms with Gasteiger partial charge in [-0.3, -0.25) is 9.80 Å². The molecule has 2 aromatic heterocycles. The van der Waals surface area contributed by atoms with Gasteiger partial charge in [-0.25, -0.2) is 14.4 Å². The van der Waals surface area contributed by atoms with Crippen LogP contribution in [0.4, 0.5) is 27.7 Å². The van der Waals surface area contributed by atoms with Crippen LogP contribution in [0.15, 0.2) is 24.4 Å². The van der Waals surface area contributed by atoms with Crippen LogP contribution in [0.1, 0.15) is 79.1 Å². The van der Waals surface area contributed by atoms with E-state index in [4.69, 9.17) is 21.4 Å². The number of anilines is 4. The van der Waals surface area contributed by atoms with Gasteiger partial charge in [0.25, 0.3) is 0 Å². The van der Waals surface area contributed by atoms with Crippen molar-refractivity contribution in [2.75, 3.05) is 61.5 Å². The first-order valence-electron chi connectivity index (χ1n) is 16.1. The van der Waals surface area contributed by atoms with E-state index in [0.29, 0.717) is 42.3 Å². The lowest BCUT2D eigenvalue weighted by molar-refractivity contribution is 0.0717. The number of halogens is 1. The van der Waals surface area contributed by atoms with Gasteiger partial charge < -0.3 is 21.3 Å². The summed E-state index contributed by atoms with van der Waals surface area (Å²) < 4.78 is 15.4. The zero-order valence-corrected chi connectivity index (χ0v) is 26.8. The molecule has 1 aromatic carbocycles. The number of nitrogens with two attached hydrogens (primary N) is 2. The van der Waals surface area contributed by atoms with Crippen LogP contribution >= 0.6 is 0 Å². The molecule has 5 heterocycles. The number of likely N-dealkylation sites (N-methyl/N-ethyl adjacent to an activating group) is 1. The number of hydrogen-bond acceptors (Lipinski definition) is 10. The van der Waals surface area contributed by atoms with E-state index < -0.39 is 5.54 Å². The molecule has 2 saturated heterocycles. The van der Waals surface area contributed by atoms with Gasteiger partial charge in [0.15, 0.2) is 0 Å². The number of pyridine rings is 1. The van der Waals surface area contributed by atoms with Crippen LogP contribution in [-0.2, 0) is 24.9 Å². The van der Waals surface area contributed by atoms with Crippen molar-refractivity contribution in [2.24, 2.45) is 0 Å². The van der Waals surface area contributed by atoms with E-state index in [1.165, 1.54) is 18.9 Å². The zero-order chi connectivity index (χ0) is 31.7. The third-order valence-corrected chi connectivity index (χ3v) is 11.1. The highest BCUT2D eigenvalue weighted by Gasteiger charge is 2.49. The third-order valence-electron chi connectivity index (χ3n) is 11.1. The van der Waals surface area contributed by atoms with Gasteiger partial charge in [0.2, 0.25) is 5.95 Å². The average molecular weight is 611 g/mol. The van der Waals surface area contributed by atoms with E-state index in [2.05, 4.69) is 58.6 Å². The number of aromatic nitrogens is 3.